The fourth-order valence-corrected chi connectivity index (χ4v) is 2.04. The first-order valence-electron chi connectivity index (χ1n) is 4.61. The normalized spacial score (nSPS) is 10.6. The van der Waals surface area contributed by atoms with Crippen molar-refractivity contribution in [3.8, 4) is 0 Å². The van der Waals surface area contributed by atoms with Crippen molar-refractivity contribution in [1.29, 1.82) is 0 Å². The highest BCUT2D eigenvalue weighted by Gasteiger charge is 2.04. The quantitative estimate of drug-likeness (QED) is 0.658. The zero-order valence-corrected chi connectivity index (χ0v) is 9.42. The summed E-state index contributed by atoms with van der Waals surface area (Å²) >= 11 is 1.41. The highest BCUT2D eigenvalue weighted by atomic mass is 32.2. The topological polar surface area (TPSA) is 64.9 Å². The highest BCUT2D eigenvalue weighted by molar-refractivity contribution is 7.98. The van der Waals surface area contributed by atoms with Crippen LogP contribution in [0.2, 0.25) is 0 Å². The molecule has 0 saturated heterocycles. The minimum absolute atomic E-state index is 0.341. The lowest BCUT2D eigenvalue weighted by Crippen LogP contribution is -1.88. The van der Waals surface area contributed by atoms with Crippen LogP contribution in [0.25, 0.3) is 0 Å². The molecule has 0 spiro atoms. The second-order valence-electron chi connectivity index (χ2n) is 3.24. The highest BCUT2D eigenvalue weighted by Crippen LogP contribution is 2.24. The molecular weight excluding hydrogens is 229 g/mol. The Labute approximate surface area is 96.0 Å². The standard InChI is InChI=1S/C10H10FN3OS/c1-6-13-10(14-15-6)5-16-9-3-7(11)2-8(12)4-9/h2-4H,5,12H2,1H3. The molecule has 2 N–H and O–H groups in total. The van der Waals surface area contributed by atoms with Crippen molar-refractivity contribution in [2.75, 3.05) is 5.73 Å². The van der Waals surface area contributed by atoms with E-state index in [1.165, 1.54) is 23.9 Å². The Hall–Kier alpha value is -1.56. The van der Waals surface area contributed by atoms with Crippen LogP contribution in [0.3, 0.4) is 0 Å². The number of thioether (sulfide) groups is 1. The van der Waals surface area contributed by atoms with Gasteiger partial charge >= 0.3 is 0 Å². The van der Waals surface area contributed by atoms with Gasteiger partial charge in [-0.05, 0) is 18.2 Å². The lowest BCUT2D eigenvalue weighted by Gasteiger charge is -2.00. The Morgan fingerprint density at radius 3 is 2.88 bits per heavy atom. The Balaban J connectivity index is 2.04. The van der Waals surface area contributed by atoms with Crippen LogP contribution in [0.1, 0.15) is 11.7 Å². The van der Waals surface area contributed by atoms with Gasteiger partial charge in [-0.3, -0.25) is 0 Å². The van der Waals surface area contributed by atoms with Crippen molar-refractivity contribution in [2.45, 2.75) is 17.6 Å². The molecule has 0 aliphatic heterocycles. The van der Waals surface area contributed by atoms with Gasteiger partial charge in [0, 0.05) is 17.5 Å². The molecule has 0 bridgehead atoms. The monoisotopic (exact) mass is 239 g/mol. The largest absolute Gasteiger partial charge is 0.399 e. The zero-order chi connectivity index (χ0) is 11.5. The van der Waals surface area contributed by atoms with Gasteiger partial charge in [0.15, 0.2) is 5.82 Å². The van der Waals surface area contributed by atoms with Crippen LogP contribution in [0.5, 0.6) is 0 Å². The predicted molar refractivity (Wildman–Crippen MR) is 59.4 cm³/mol. The van der Waals surface area contributed by atoms with E-state index in [0.717, 1.165) is 4.90 Å². The van der Waals surface area contributed by atoms with Crippen LogP contribution >= 0.6 is 11.8 Å². The summed E-state index contributed by atoms with van der Waals surface area (Å²) in [4.78, 5) is 4.80. The Bertz CT molecular complexity index is 480. The van der Waals surface area contributed by atoms with Gasteiger partial charge in [-0.15, -0.1) is 11.8 Å². The molecule has 0 aliphatic carbocycles. The number of nitrogens with zero attached hydrogens (tertiary/aromatic N) is 2. The molecule has 84 valence electrons. The van der Waals surface area contributed by atoms with Gasteiger partial charge in [0.1, 0.15) is 5.82 Å². The molecule has 0 amide bonds. The van der Waals surface area contributed by atoms with E-state index < -0.39 is 0 Å². The molecule has 2 rings (SSSR count). The number of rotatable bonds is 3. The van der Waals surface area contributed by atoms with Crippen LogP contribution in [0, 0.1) is 12.7 Å². The van der Waals surface area contributed by atoms with E-state index in [0.29, 0.717) is 23.2 Å². The van der Waals surface area contributed by atoms with Crippen molar-refractivity contribution >= 4 is 17.4 Å². The van der Waals surface area contributed by atoms with E-state index in [4.69, 9.17) is 10.3 Å². The molecule has 1 aromatic carbocycles. The maximum Gasteiger partial charge on any atom is 0.223 e. The fourth-order valence-electron chi connectivity index (χ4n) is 1.22. The molecule has 0 fully saturated rings. The van der Waals surface area contributed by atoms with Gasteiger partial charge in [0.25, 0.3) is 0 Å². The lowest BCUT2D eigenvalue weighted by atomic mass is 10.3. The first-order valence-corrected chi connectivity index (χ1v) is 5.60. The second kappa shape index (κ2) is 4.52. The molecule has 2 aromatic rings. The molecule has 1 aromatic heterocycles. The Morgan fingerprint density at radius 1 is 1.44 bits per heavy atom. The molecule has 0 radical (unpaired) electrons. The van der Waals surface area contributed by atoms with Crippen LogP contribution < -0.4 is 5.73 Å². The van der Waals surface area contributed by atoms with E-state index in [1.807, 2.05) is 0 Å². The molecular formula is C10H10FN3OS. The zero-order valence-electron chi connectivity index (χ0n) is 8.61. The summed E-state index contributed by atoms with van der Waals surface area (Å²) in [6, 6.07) is 4.41. The summed E-state index contributed by atoms with van der Waals surface area (Å²) in [7, 11) is 0. The third-order valence-corrected chi connectivity index (χ3v) is 2.80. The number of nitrogen functional groups attached to an aromatic ring is 1. The van der Waals surface area contributed by atoms with E-state index in [1.54, 1.807) is 13.0 Å². The van der Waals surface area contributed by atoms with Gasteiger partial charge in [-0.25, -0.2) is 4.39 Å². The van der Waals surface area contributed by atoms with Crippen molar-refractivity contribution < 1.29 is 8.91 Å². The van der Waals surface area contributed by atoms with E-state index in [9.17, 15) is 4.39 Å². The molecule has 0 saturated carbocycles. The van der Waals surface area contributed by atoms with Gasteiger partial charge in [0.05, 0.1) is 5.75 Å². The SMILES string of the molecule is Cc1nc(CSc2cc(N)cc(F)c2)no1. The Morgan fingerprint density at radius 2 is 2.25 bits per heavy atom. The average Bonchev–Trinajstić information content (AvgIpc) is 2.60. The number of halogens is 1. The van der Waals surface area contributed by atoms with Crippen molar-refractivity contribution in [1.82, 2.24) is 10.1 Å². The van der Waals surface area contributed by atoms with Gasteiger partial charge in [0.2, 0.25) is 5.89 Å². The first kappa shape index (κ1) is 10.9. The maximum atomic E-state index is 13.0. The summed E-state index contributed by atoms with van der Waals surface area (Å²) in [5.41, 5.74) is 5.94. The van der Waals surface area contributed by atoms with E-state index in [2.05, 4.69) is 10.1 Å². The third-order valence-electron chi connectivity index (χ3n) is 1.83. The van der Waals surface area contributed by atoms with Gasteiger partial charge in [-0.1, -0.05) is 5.16 Å². The minimum Gasteiger partial charge on any atom is -0.399 e. The predicted octanol–water partition coefficient (Wildman–Crippen LogP) is 2.39. The number of hydrogen-bond donors (Lipinski definition) is 1. The third kappa shape index (κ3) is 2.73. The molecule has 16 heavy (non-hydrogen) atoms. The molecule has 0 unspecified atom stereocenters. The van der Waals surface area contributed by atoms with Gasteiger partial charge < -0.3 is 10.3 Å². The average molecular weight is 239 g/mol. The first-order chi connectivity index (χ1) is 7.63. The summed E-state index contributed by atoms with van der Waals surface area (Å²) in [6.45, 7) is 1.72. The number of hydrogen-bond acceptors (Lipinski definition) is 5. The fraction of sp³-hybridized carbons (Fsp3) is 0.200. The number of aryl methyl sites for hydroxylation is 1. The molecule has 1 heterocycles. The van der Waals surface area contributed by atoms with Crippen LogP contribution in [0.15, 0.2) is 27.6 Å². The summed E-state index contributed by atoms with van der Waals surface area (Å²) in [5.74, 6) is 1.30. The number of benzene rings is 1. The van der Waals surface area contributed by atoms with Crippen LogP contribution in [-0.2, 0) is 5.75 Å². The van der Waals surface area contributed by atoms with Crippen molar-refractivity contribution in [3.05, 3.63) is 35.7 Å². The lowest BCUT2D eigenvalue weighted by molar-refractivity contribution is 0.389. The van der Waals surface area contributed by atoms with E-state index >= 15 is 0 Å². The number of anilines is 1. The number of nitrogens with two attached hydrogens (primary N) is 1. The Kier molecular flexibility index (Phi) is 3.09. The summed E-state index contributed by atoms with van der Waals surface area (Å²) in [6.07, 6.45) is 0. The van der Waals surface area contributed by atoms with Gasteiger partial charge in [-0.2, -0.15) is 4.98 Å². The van der Waals surface area contributed by atoms with Crippen LogP contribution in [0.4, 0.5) is 10.1 Å². The van der Waals surface area contributed by atoms with Crippen molar-refractivity contribution in [3.63, 3.8) is 0 Å². The second-order valence-corrected chi connectivity index (χ2v) is 4.29. The molecule has 0 aliphatic rings. The smallest absolute Gasteiger partial charge is 0.223 e. The molecule has 0 atom stereocenters. The minimum atomic E-state index is -0.341. The van der Waals surface area contributed by atoms with E-state index in [-0.39, 0.29) is 5.82 Å². The molecule has 4 nitrogen and oxygen atoms in total. The summed E-state index contributed by atoms with van der Waals surface area (Å²) < 4.78 is 17.8. The van der Waals surface area contributed by atoms with Crippen LogP contribution in [-0.4, -0.2) is 10.1 Å². The molecule has 6 heteroatoms. The summed E-state index contributed by atoms with van der Waals surface area (Å²) in [5, 5.41) is 3.74. The maximum absolute atomic E-state index is 13.0. The van der Waals surface area contributed by atoms with Crippen molar-refractivity contribution in [2.24, 2.45) is 0 Å². The number of aromatic nitrogens is 2.